The molecule has 150 valence electrons. The second-order valence-electron chi connectivity index (χ2n) is 6.22. The number of nitrogens with one attached hydrogen (secondary N) is 2. The van der Waals surface area contributed by atoms with Crippen LogP contribution in [0, 0.1) is 19.7 Å². The van der Waals surface area contributed by atoms with Gasteiger partial charge in [0.05, 0.1) is 4.90 Å². The van der Waals surface area contributed by atoms with Crippen LogP contribution in [-0.4, -0.2) is 32.9 Å². The Kier molecular flexibility index (Phi) is 6.87. The van der Waals surface area contributed by atoms with E-state index in [9.17, 15) is 22.4 Å². The van der Waals surface area contributed by atoms with Gasteiger partial charge < -0.3 is 10.1 Å². The zero-order valence-corrected chi connectivity index (χ0v) is 16.5. The largest absolute Gasteiger partial charge is 0.452 e. The molecule has 1 atom stereocenters. The van der Waals surface area contributed by atoms with Crippen LogP contribution in [0.2, 0.25) is 0 Å². The number of hydrogen-bond donors (Lipinski definition) is 2. The van der Waals surface area contributed by atoms with Crippen molar-refractivity contribution in [1.29, 1.82) is 0 Å². The molecule has 9 heteroatoms. The van der Waals surface area contributed by atoms with Gasteiger partial charge in [-0.25, -0.2) is 12.8 Å². The number of hydrogen-bond acceptors (Lipinski definition) is 5. The van der Waals surface area contributed by atoms with E-state index >= 15 is 0 Å². The number of amides is 1. The van der Waals surface area contributed by atoms with E-state index in [0.717, 1.165) is 5.56 Å². The van der Waals surface area contributed by atoms with Crippen LogP contribution < -0.4 is 10.0 Å². The van der Waals surface area contributed by atoms with Crippen LogP contribution >= 0.6 is 0 Å². The van der Waals surface area contributed by atoms with E-state index in [0.29, 0.717) is 11.3 Å². The second kappa shape index (κ2) is 8.94. The fraction of sp³-hybridized carbons (Fsp3) is 0.263. The monoisotopic (exact) mass is 408 g/mol. The smallest absolute Gasteiger partial charge is 0.321 e. The van der Waals surface area contributed by atoms with Crippen LogP contribution in [0.4, 0.5) is 10.1 Å². The topological polar surface area (TPSA) is 102 Å². The minimum absolute atomic E-state index is 0.0717. The zero-order valence-electron chi connectivity index (χ0n) is 15.7. The summed E-state index contributed by atoms with van der Waals surface area (Å²) < 4.78 is 44.7. The molecule has 7 nitrogen and oxygen atoms in total. The number of aryl methyl sites for hydroxylation is 2. The third kappa shape index (κ3) is 5.86. The molecule has 0 saturated carbocycles. The second-order valence-corrected chi connectivity index (χ2v) is 7.96. The van der Waals surface area contributed by atoms with Gasteiger partial charge in [0.15, 0.2) is 6.10 Å². The molecule has 0 unspecified atom stereocenters. The molecule has 0 heterocycles. The van der Waals surface area contributed by atoms with Gasteiger partial charge in [0.1, 0.15) is 12.4 Å². The SMILES string of the molecule is Cc1ccc(C)c(S(=O)(=O)NCC(=O)O[C@@H](C)C(=O)Nc2ccc(F)cc2)c1. The number of rotatable bonds is 7. The van der Waals surface area contributed by atoms with Crippen molar-refractivity contribution in [3.05, 3.63) is 59.4 Å². The quantitative estimate of drug-likeness (QED) is 0.685. The number of anilines is 1. The lowest BCUT2D eigenvalue weighted by molar-refractivity contribution is -0.151. The summed E-state index contributed by atoms with van der Waals surface area (Å²) in [6.07, 6.45) is -1.16. The van der Waals surface area contributed by atoms with Crippen LogP contribution in [0.25, 0.3) is 0 Å². The molecule has 0 aliphatic heterocycles. The van der Waals surface area contributed by atoms with E-state index in [-0.39, 0.29) is 4.90 Å². The van der Waals surface area contributed by atoms with Crippen molar-refractivity contribution in [1.82, 2.24) is 4.72 Å². The maximum atomic E-state index is 12.9. The highest BCUT2D eigenvalue weighted by molar-refractivity contribution is 7.89. The van der Waals surface area contributed by atoms with E-state index in [1.165, 1.54) is 37.3 Å². The molecule has 28 heavy (non-hydrogen) atoms. The average Bonchev–Trinajstić information content (AvgIpc) is 2.64. The van der Waals surface area contributed by atoms with Crippen LogP contribution in [0.3, 0.4) is 0 Å². The van der Waals surface area contributed by atoms with Gasteiger partial charge in [-0.2, -0.15) is 4.72 Å². The van der Waals surface area contributed by atoms with E-state index < -0.39 is 40.4 Å². The number of sulfonamides is 1. The molecule has 2 rings (SSSR count). The van der Waals surface area contributed by atoms with Gasteiger partial charge in [-0.3, -0.25) is 9.59 Å². The summed E-state index contributed by atoms with van der Waals surface area (Å²) >= 11 is 0. The van der Waals surface area contributed by atoms with Gasteiger partial charge in [0.2, 0.25) is 10.0 Å². The third-order valence-corrected chi connectivity index (χ3v) is 5.37. The van der Waals surface area contributed by atoms with Crippen molar-refractivity contribution >= 4 is 27.6 Å². The molecular weight excluding hydrogens is 387 g/mol. The number of ether oxygens (including phenoxy) is 1. The summed E-state index contributed by atoms with van der Waals surface area (Å²) in [5.74, 6) is -1.98. The van der Waals surface area contributed by atoms with Crippen LogP contribution in [0.15, 0.2) is 47.4 Å². The average molecular weight is 408 g/mol. The van der Waals surface area contributed by atoms with Gasteiger partial charge in [-0.1, -0.05) is 12.1 Å². The molecule has 2 aromatic rings. The first-order valence-electron chi connectivity index (χ1n) is 8.41. The minimum Gasteiger partial charge on any atom is -0.452 e. The Balaban J connectivity index is 1.91. The lowest BCUT2D eigenvalue weighted by Gasteiger charge is -2.14. The molecule has 2 N–H and O–H groups in total. The van der Waals surface area contributed by atoms with Gasteiger partial charge in [-0.05, 0) is 62.2 Å². The van der Waals surface area contributed by atoms with Crippen molar-refractivity contribution in [2.24, 2.45) is 0 Å². The fourth-order valence-corrected chi connectivity index (χ4v) is 3.59. The third-order valence-electron chi connectivity index (χ3n) is 3.83. The summed E-state index contributed by atoms with van der Waals surface area (Å²) in [6, 6.07) is 10.0. The number of carbonyl (C=O) groups is 2. The van der Waals surface area contributed by atoms with Crippen LogP contribution in [-0.2, 0) is 24.3 Å². The Labute approximate surface area is 163 Å². The molecule has 0 saturated heterocycles. The first-order chi connectivity index (χ1) is 13.1. The van der Waals surface area contributed by atoms with Gasteiger partial charge in [0.25, 0.3) is 5.91 Å². The molecular formula is C19H21FN2O5S. The number of benzene rings is 2. The summed E-state index contributed by atoms with van der Waals surface area (Å²) in [6.45, 7) is 4.13. The molecule has 0 aliphatic carbocycles. The molecule has 0 aromatic heterocycles. The molecule has 1 amide bonds. The van der Waals surface area contributed by atoms with Crippen molar-refractivity contribution in [2.45, 2.75) is 31.8 Å². The normalized spacial score (nSPS) is 12.3. The number of halogens is 1. The lowest BCUT2D eigenvalue weighted by Crippen LogP contribution is -2.36. The van der Waals surface area contributed by atoms with Crippen molar-refractivity contribution in [3.63, 3.8) is 0 Å². The maximum Gasteiger partial charge on any atom is 0.321 e. The lowest BCUT2D eigenvalue weighted by atomic mass is 10.2. The predicted octanol–water partition coefficient (Wildman–Crippen LogP) is 2.29. The van der Waals surface area contributed by atoms with Crippen molar-refractivity contribution in [3.8, 4) is 0 Å². The van der Waals surface area contributed by atoms with Crippen LogP contribution in [0.5, 0.6) is 0 Å². The van der Waals surface area contributed by atoms with Crippen molar-refractivity contribution < 1.29 is 27.1 Å². The highest BCUT2D eigenvalue weighted by atomic mass is 32.2. The minimum atomic E-state index is -3.90. The first kappa shape index (κ1) is 21.5. The fourth-order valence-electron chi connectivity index (χ4n) is 2.30. The Morgan fingerprint density at radius 3 is 2.39 bits per heavy atom. The molecule has 0 bridgehead atoms. The molecule has 0 radical (unpaired) electrons. The highest BCUT2D eigenvalue weighted by Gasteiger charge is 2.21. The summed E-state index contributed by atoms with van der Waals surface area (Å²) in [4.78, 5) is 24.0. The summed E-state index contributed by atoms with van der Waals surface area (Å²) in [5, 5.41) is 2.46. The summed E-state index contributed by atoms with van der Waals surface area (Å²) in [7, 11) is -3.90. The van der Waals surface area contributed by atoms with Gasteiger partial charge in [-0.15, -0.1) is 0 Å². The van der Waals surface area contributed by atoms with E-state index in [1.807, 2.05) is 0 Å². The molecule has 0 spiro atoms. The van der Waals surface area contributed by atoms with Crippen molar-refractivity contribution in [2.75, 3.05) is 11.9 Å². The first-order valence-corrected chi connectivity index (χ1v) is 9.89. The summed E-state index contributed by atoms with van der Waals surface area (Å²) in [5.41, 5.74) is 1.64. The number of esters is 1. The molecule has 0 fully saturated rings. The van der Waals surface area contributed by atoms with E-state index in [1.54, 1.807) is 26.0 Å². The molecule has 0 aliphatic rings. The Morgan fingerprint density at radius 2 is 1.75 bits per heavy atom. The standard InChI is InChI=1S/C19H21FN2O5S/c1-12-4-5-13(2)17(10-12)28(25,26)21-11-18(23)27-14(3)19(24)22-16-8-6-15(20)7-9-16/h4-10,14,21H,11H2,1-3H3,(H,22,24)/t14-/m0/s1. The van der Waals surface area contributed by atoms with Gasteiger partial charge in [0, 0.05) is 5.69 Å². The van der Waals surface area contributed by atoms with E-state index in [2.05, 4.69) is 10.0 Å². The Hall–Kier alpha value is -2.78. The van der Waals surface area contributed by atoms with Gasteiger partial charge >= 0.3 is 5.97 Å². The van der Waals surface area contributed by atoms with Crippen LogP contribution in [0.1, 0.15) is 18.1 Å². The number of carbonyl (C=O) groups excluding carboxylic acids is 2. The predicted molar refractivity (Wildman–Crippen MR) is 102 cm³/mol. The molecule has 2 aromatic carbocycles. The maximum absolute atomic E-state index is 12.9. The highest BCUT2D eigenvalue weighted by Crippen LogP contribution is 2.16. The zero-order chi connectivity index (χ0) is 20.9. The van der Waals surface area contributed by atoms with E-state index in [4.69, 9.17) is 4.74 Å². The Bertz CT molecular complexity index is 974. The Morgan fingerprint density at radius 1 is 1.11 bits per heavy atom.